The zero-order chi connectivity index (χ0) is 13.5. The summed E-state index contributed by atoms with van der Waals surface area (Å²) < 4.78 is 0. The largest absolute Gasteiger partial charge is 0.409 e. The molecule has 0 aromatic heterocycles. The van der Waals surface area contributed by atoms with Crippen LogP contribution in [-0.4, -0.2) is 30.7 Å². The third-order valence-electron chi connectivity index (χ3n) is 3.43. The number of nitrogens with zero attached hydrogens (tertiary/aromatic N) is 2. The molecule has 4 N–H and O–H groups in total. The number of anilines is 2. The van der Waals surface area contributed by atoms with E-state index in [0.717, 1.165) is 18.8 Å². The monoisotopic (exact) mass is 262 g/mol. The summed E-state index contributed by atoms with van der Waals surface area (Å²) in [6.45, 7) is 2.99. The van der Waals surface area contributed by atoms with Crippen LogP contribution in [0, 0.1) is 0 Å². The van der Waals surface area contributed by atoms with Crippen molar-refractivity contribution in [2.24, 2.45) is 10.9 Å². The van der Waals surface area contributed by atoms with Crippen molar-refractivity contribution in [3.63, 3.8) is 0 Å². The molecule has 0 saturated carbocycles. The first-order chi connectivity index (χ1) is 9.29. The summed E-state index contributed by atoms with van der Waals surface area (Å²) in [5.74, 6) is 0.248. The van der Waals surface area contributed by atoms with E-state index in [4.69, 9.17) is 10.9 Å². The molecule has 5 heteroatoms. The minimum atomic E-state index is 0.248. The van der Waals surface area contributed by atoms with E-state index in [1.165, 1.54) is 24.9 Å². The Balaban J connectivity index is 1.84. The Morgan fingerprint density at radius 1 is 1.21 bits per heavy atom. The SMILES string of the molecule is NC(CCNc1ccc(N2CCCCC2)cc1)=NO. The fourth-order valence-corrected chi connectivity index (χ4v) is 2.33. The molecule has 1 aromatic rings. The van der Waals surface area contributed by atoms with Gasteiger partial charge in [-0.3, -0.25) is 0 Å². The second kappa shape index (κ2) is 6.87. The van der Waals surface area contributed by atoms with Crippen molar-refractivity contribution in [3.05, 3.63) is 24.3 Å². The molecule has 0 spiro atoms. The number of hydrogen-bond acceptors (Lipinski definition) is 4. The Morgan fingerprint density at radius 2 is 1.89 bits per heavy atom. The molecule has 1 aromatic carbocycles. The highest BCUT2D eigenvalue weighted by Gasteiger charge is 2.10. The van der Waals surface area contributed by atoms with Crippen LogP contribution in [0.1, 0.15) is 25.7 Å². The number of hydrogen-bond donors (Lipinski definition) is 3. The molecule has 1 aliphatic heterocycles. The number of amidine groups is 1. The van der Waals surface area contributed by atoms with Crippen LogP contribution in [0.15, 0.2) is 29.4 Å². The number of nitrogens with one attached hydrogen (secondary N) is 1. The van der Waals surface area contributed by atoms with E-state index in [2.05, 4.69) is 39.6 Å². The second-order valence-electron chi connectivity index (χ2n) is 4.86. The molecular weight excluding hydrogens is 240 g/mol. The van der Waals surface area contributed by atoms with Gasteiger partial charge in [-0.2, -0.15) is 0 Å². The molecule has 0 atom stereocenters. The molecule has 1 fully saturated rings. The molecule has 1 heterocycles. The van der Waals surface area contributed by atoms with Gasteiger partial charge in [-0.25, -0.2) is 0 Å². The fraction of sp³-hybridized carbons (Fsp3) is 0.500. The highest BCUT2D eigenvalue weighted by molar-refractivity contribution is 5.80. The van der Waals surface area contributed by atoms with Crippen LogP contribution in [0.5, 0.6) is 0 Å². The van der Waals surface area contributed by atoms with Gasteiger partial charge in [-0.05, 0) is 43.5 Å². The predicted octanol–water partition coefficient (Wildman–Crippen LogP) is 2.23. The van der Waals surface area contributed by atoms with Crippen LogP contribution < -0.4 is 16.0 Å². The molecule has 104 valence electrons. The van der Waals surface area contributed by atoms with Crippen molar-refractivity contribution in [2.75, 3.05) is 29.9 Å². The van der Waals surface area contributed by atoms with E-state index in [-0.39, 0.29) is 5.84 Å². The Kier molecular flexibility index (Phi) is 4.89. The molecule has 0 aliphatic carbocycles. The molecule has 1 aliphatic rings. The van der Waals surface area contributed by atoms with Crippen molar-refractivity contribution in [3.8, 4) is 0 Å². The van der Waals surface area contributed by atoms with Gasteiger partial charge in [0.05, 0.1) is 0 Å². The van der Waals surface area contributed by atoms with Crippen LogP contribution in [0.4, 0.5) is 11.4 Å². The maximum Gasteiger partial charge on any atom is 0.140 e. The van der Waals surface area contributed by atoms with Gasteiger partial charge >= 0.3 is 0 Å². The van der Waals surface area contributed by atoms with E-state index < -0.39 is 0 Å². The van der Waals surface area contributed by atoms with Crippen molar-refractivity contribution < 1.29 is 5.21 Å². The maximum atomic E-state index is 8.44. The molecule has 19 heavy (non-hydrogen) atoms. The third-order valence-corrected chi connectivity index (χ3v) is 3.43. The van der Waals surface area contributed by atoms with E-state index in [9.17, 15) is 0 Å². The summed E-state index contributed by atoms with van der Waals surface area (Å²) in [7, 11) is 0. The van der Waals surface area contributed by atoms with Crippen molar-refractivity contribution in [1.82, 2.24) is 0 Å². The Hall–Kier alpha value is -1.91. The lowest BCUT2D eigenvalue weighted by atomic mass is 10.1. The van der Waals surface area contributed by atoms with Gasteiger partial charge in [0.25, 0.3) is 0 Å². The smallest absolute Gasteiger partial charge is 0.140 e. The van der Waals surface area contributed by atoms with E-state index in [1.807, 2.05) is 0 Å². The average Bonchev–Trinajstić information content (AvgIpc) is 2.48. The summed E-state index contributed by atoms with van der Waals surface area (Å²) >= 11 is 0. The molecule has 0 radical (unpaired) electrons. The normalized spacial score (nSPS) is 16.4. The molecule has 1 saturated heterocycles. The average molecular weight is 262 g/mol. The zero-order valence-corrected chi connectivity index (χ0v) is 11.2. The van der Waals surface area contributed by atoms with Gasteiger partial charge in [0.2, 0.25) is 0 Å². The van der Waals surface area contributed by atoms with Crippen molar-refractivity contribution >= 4 is 17.2 Å². The molecule has 0 bridgehead atoms. The van der Waals surface area contributed by atoms with Crippen molar-refractivity contribution in [1.29, 1.82) is 0 Å². The molecule has 0 unspecified atom stereocenters. The number of piperidine rings is 1. The third kappa shape index (κ3) is 4.05. The topological polar surface area (TPSA) is 73.9 Å². The van der Waals surface area contributed by atoms with Gasteiger partial charge in [0.15, 0.2) is 0 Å². The minimum Gasteiger partial charge on any atom is -0.409 e. The Bertz CT molecular complexity index is 410. The number of oxime groups is 1. The van der Waals surface area contributed by atoms with E-state index >= 15 is 0 Å². The maximum absolute atomic E-state index is 8.44. The van der Waals surface area contributed by atoms with Crippen LogP contribution in [-0.2, 0) is 0 Å². The lowest BCUT2D eigenvalue weighted by Crippen LogP contribution is -2.29. The van der Waals surface area contributed by atoms with Gasteiger partial charge in [-0.15, -0.1) is 0 Å². The standard InChI is InChI=1S/C14H22N4O/c15-14(17-19)8-9-16-12-4-6-13(7-5-12)18-10-2-1-3-11-18/h4-7,16,19H,1-3,8-11H2,(H2,15,17). The van der Waals surface area contributed by atoms with E-state index in [0.29, 0.717) is 13.0 Å². The minimum absolute atomic E-state index is 0.248. The fourth-order valence-electron chi connectivity index (χ4n) is 2.33. The van der Waals surface area contributed by atoms with Crippen LogP contribution >= 0.6 is 0 Å². The molecule has 5 nitrogen and oxygen atoms in total. The first-order valence-electron chi connectivity index (χ1n) is 6.85. The van der Waals surface area contributed by atoms with E-state index in [1.54, 1.807) is 0 Å². The molecule has 2 rings (SSSR count). The van der Waals surface area contributed by atoms with Crippen LogP contribution in [0.25, 0.3) is 0 Å². The summed E-state index contributed by atoms with van der Waals surface area (Å²) in [5.41, 5.74) is 7.77. The molecular formula is C14H22N4O. The van der Waals surface area contributed by atoms with Gasteiger partial charge in [0.1, 0.15) is 5.84 Å². The lowest BCUT2D eigenvalue weighted by Gasteiger charge is -2.28. The number of nitrogens with two attached hydrogens (primary N) is 1. The first-order valence-corrected chi connectivity index (χ1v) is 6.85. The predicted molar refractivity (Wildman–Crippen MR) is 79.0 cm³/mol. The zero-order valence-electron chi connectivity index (χ0n) is 11.2. The summed E-state index contributed by atoms with van der Waals surface area (Å²) in [4.78, 5) is 2.43. The van der Waals surface area contributed by atoms with Gasteiger partial charge < -0.3 is 21.2 Å². The lowest BCUT2D eigenvalue weighted by molar-refractivity contribution is 0.317. The summed E-state index contributed by atoms with van der Waals surface area (Å²) in [6.07, 6.45) is 4.47. The number of benzene rings is 1. The Morgan fingerprint density at radius 3 is 2.53 bits per heavy atom. The molecule has 0 amide bonds. The number of rotatable bonds is 5. The first kappa shape index (κ1) is 13.5. The highest BCUT2D eigenvalue weighted by Crippen LogP contribution is 2.21. The summed E-state index contributed by atoms with van der Waals surface area (Å²) in [5, 5.41) is 14.6. The Labute approximate surface area is 114 Å². The van der Waals surface area contributed by atoms with Crippen LogP contribution in [0.2, 0.25) is 0 Å². The quantitative estimate of drug-likeness (QED) is 0.329. The van der Waals surface area contributed by atoms with Gasteiger partial charge in [-0.1, -0.05) is 5.16 Å². The van der Waals surface area contributed by atoms with Crippen molar-refractivity contribution in [2.45, 2.75) is 25.7 Å². The highest BCUT2D eigenvalue weighted by atomic mass is 16.4. The van der Waals surface area contributed by atoms with Gasteiger partial charge in [0, 0.05) is 37.4 Å². The van der Waals surface area contributed by atoms with Crippen LogP contribution in [0.3, 0.4) is 0 Å². The summed E-state index contributed by atoms with van der Waals surface area (Å²) in [6, 6.07) is 8.46. The second-order valence-corrected chi connectivity index (χ2v) is 4.86.